The molecular formula is C12H15N5O2. The van der Waals surface area contributed by atoms with Crippen LogP contribution in [0.4, 0.5) is 5.69 Å². The van der Waals surface area contributed by atoms with E-state index < -0.39 is 4.92 Å². The zero-order valence-electron chi connectivity index (χ0n) is 11.1. The van der Waals surface area contributed by atoms with E-state index in [-0.39, 0.29) is 11.1 Å². The minimum atomic E-state index is -0.415. The maximum atomic E-state index is 10.6. The summed E-state index contributed by atoms with van der Waals surface area (Å²) >= 11 is 0. The summed E-state index contributed by atoms with van der Waals surface area (Å²) in [5, 5.41) is 22.2. The average molecular weight is 261 g/mol. The second kappa shape index (κ2) is 4.75. The highest BCUT2D eigenvalue weighted by molar-refractivity contribution is 5.32. The molecule has 0 aliphatic rings. The van der Waals surface area contributed by atoms with Crippen molar-refractivity contribution in [3.05, 3.63) is 45.8 Å². The van der Waals surface area contributed by atoms with E-state index in [9.17, 15) is 10.1 Å². The molecule has 0 amide bonds. The molecule has 2 rings (SSSR count). The predicted molar refractivity (Wildman–Crippen MR) is 68.7 cm³/mol. The monoisotopic (exact) mass is 261 g/mol. The van der Waals surface area contributed by atoms with Gasteiger partial charge in [-0.15, -0.1) is 5.10 Å². The molecule has 1 heterocycles. The molecule has 0 unspecified atom stereocenters. The number of benzene rings is 1. The quantitative estimate of drug-likeness (QED) is 0.622. The maximum Gasteiger partial charge on any atom is 0.269 e. The van der Waals surface area contributed by atoms with Crippen LogP contribution in [-0.4, -0.2) is 25.1 Å². The first kappa shape index (κ1) is 13.1. The fourth-order valence-electron chi connectivity index (χ4n) is 1.74. The molecule has 0 spiro atoms. The minimum Gasteiger partial charge on any atom is -0.258 e. The lowest BCUT2D eigenvalue weighted by Gasteiger charge is -2.17. The highest BCUT2D eigenvalue weighted by atomic mass is 16.6. The Bertz CT molecular complexity index is 583. The van der Waals surface area contributed by atoms with Crippen molar-refractivity contribution in [1.82, 2.24) is 20.2 Å². The van der Waals surface area contributed by atoms with Crippen LogP contribution >= 0.6 is 0 Å². The molecule has 0 aliphatic carbocycles. The minimum absolute atomic E-state index is 0.0801. The summed E-state index contributed by atoms with van der Waals surface area (Å²) in [7, 11) is 0. The van der Waals surface area contributed by atoms with Gasteiger partial charge in [0.1, 0.15) is 0 Å². The molecule has 0 radical (unpaired) electrons. The molecule has 0 N–H and O–H groups in total. The van der Waals surface area contributed by atoms with Gasteiger partial charge in [0.25, 0.3) is 5.69 Å². The maximum absolute atomic E-state index is 10.6. The van der Waals surface area contributed by atoms with Crippen molar-refractivity contribution in [2.24, 2.45) is 0 Å². The largest absolute Gasteiger partial charge is 0.269 e. The summed E-state index contributed by atoms with van der Waals surface area (Å²) in [5.41, 5.74) is 0.851. The van der Waals surface area contributed by atoms with Crippen molar-refractivity contribution >= 4 is 5.69 Å². The number of tetrazole rings is 1. The molecule has 19 heavy (non-hydrogen) atoms. The van der Waals surface area contributed by atoms with Crippen LogP contribution in [0.2, 0.25) is 0 Å². The molecule has 7 heteroatoms. The second-order valence-electron chi connectivity index (χ2n) is 5.33. The van der Waals surface area contributed by atoms with Crippen LogP contribution in [0, 0.1) is 10.1 Å². The molecule has 0 bridgehead atoms. The van der Waals surface area contributed by atoms with Crippen molar-refractivity contribution in [3.8, 4) is 0 Å². The number of nitrogens with zero attached hydrogens (tertiary/aromatic N) is 5. The Morgan fingerprint density at radius 2 is 1.89 bits per heavy atom. The number of rotatable bonds is 3. The zero-order valence-corrected chi connectivity index (χ0v) is 11.1. The fraction of sp³-hybridized carbons (Fsp3) is 0.417. The predicted octanol–water partition coefficient (Wildman–Crippen LogP) is 1.93. The Balaban J connectivity index is 2.22. The highest BCUT2D eigenvalue weighted by Crippen LogP contribution is 2.20. The van der Waals surface area contributed by atoms with E-state index >= 15 is 0 Å². The Morgan fingerprint density at radius 1 is 1.26 bits per heavy atom. The Labute approximate surface area is 110 Å². The first-order valence-electron chi connectivity index (χ1n) is 5.88. The number of non-ortho nitro benzene ring substituents is 1. The van der Waals surface area contributed by atoms with Gasteiger partial charge in [-0.2, -0.15) is 0 Å². The van der Waals surface area contributed by atoms with E-state index in [2.05, 4.69) is 15.5 Å². The third-order valence-electron chi connectivity index (χ3n) is 2.68. The van der Waals surface area contributed by atoms with E-state index in [1.165, 1.54) is 12.1 Å². The van der Waals surface area contributed by atoms with Crippen LogP contribution in [0.1, 0.15) is 32.2 Å². The molecular weight excluding hydrogens is 246 g/mol. The van der Waals surface area contributed by atoms with Crippen LogP contribution in [0.3, 0.4) is 0 Å². The van der Waals surface area contributed by atoms with Gasteiger partial charge in [-0.3, -0.25) is 10.1 Å². The summed E-state index contributed by atoms with van der Waals surface area (Å²) in [6, 6.07) is 6.39. The lowest BCUT2D eigenvalue weighted by molar-refractivity contribution is -0.384. The molecule has 0 aliphatic heterocycles. The van der Waals surface area contributed by atoms with E-state index in [1.54, 1.807) is 16.8 Å². The summed E-state index contributed by atoms with van der Waals surface area (Å²) in [6.07, 6.45) is 0. The Hall–Kier alpha value is -2.31. The van der Waals surface area contributed by atoms with Crippen molar-refractivity contribution in [1.29, 1.82) is 0 Å². The van der Waals surface area contributed by atoms with E-state index in [0.29, 0.717) is 6.54 Å². The van der Waals surface area contributed by atoms with E-state index in [4.69, 9.17) is 0 Å². The normalized spacial score (nSPS) is 11.5. The summed E-state index contributed by atoms with van der Waals surface area (Å²) < 4.78 is 1.71. The Kier molecular flexibility index (Phi) is 3.28. The molecule has 0 atom stereocenters. The van der Waals surface area contributed by atoms with Gasteiger partial charge >= 0.3 is 0 Å². The molecule has 1 aromatic carbocycles. The van der Waals surface area contributed by atoms with Crippen LogP contribution in [0.15, 0.2) is 24.3 Å². The summed E-state index contributed by atoms with van der Waals surface area (Å²) in [5.74, 6) is 0.783. The van der Waals surface area contributed by atoms with Gasteiger partial charge in [-0.05, 0) is 16.0 Å². The van der Waals surface area contributed by atoms with Crippen LogP contribution in [0.25, 0.3) is 0 Å². The van der Waals surface area contributed by atoms with Crippen LogP contribution in [-0.2, 0) is 12.0 Å². The van der Waals surface area contributed by atoms with Crippen molar-refractivity contribution < 1.29 is 4.92 Å². The summed E-state index contributed by atoms with van der Waals surface area (Å²) in [6.45, 7) is 6.60. The van der Waals surface area contributed by atoms with Crippen LogP contribution in [0.5, 0.6) is 0 Å². The van der Waals surface area contributed by atoms with Gasteiger partial charge in [0.2, 0.25) is 0 Å². The van der Waals surface area contributed by atoms with E-state index in [0.717, 1.165) is 11.4 Å². The summed E-state index contributed by atoms with van der Waals surface area (Å²) in [4.78, 5) is 10.2. The topological polar surface area (TPSA) is 86.7 Å². The second-order valence-corrected chi connectivity index (χ2v) is 5.33. The van der Waals surface area contributed by atoms with Gasteiger partial charge in [0.05, 0.1) is 11.5 Å². The number of hydrogen-bond donors (Lipinski definition) is 0. The lowest BCUT2D eigenvalue weighted by Crippen LogP contribution is -2.20. The molecule has 7 nitrogen and oxygen atoms in total. The standard InChI is InChI=1S/C12H15N5O2/c1-12(2,3)11-13-14-15-16(11)8-9-4-6-10(7-5-9)17(18)19/h4-7H,8H2,1-3H3. The number of hydrogen-bond acceptors (Lipinski definition) is 5. The number of aromatic nitrogens is 4. The van der Waals surface area contributed by atoms with E-state index in [1.807, 2.05) is 20.8 Å². The lowest BCUT2D eigenvalue weighted by atomic mass is 9.96. The van der Waals surface area contributed by atoms with Crippen LogP contribution < -0.4 is 0 Å². The first-order chi connectivity index (χ1) is 8.88. The van der Waals surface area contributed by atoms with Gasteiger partial charge in [-0.25, -0.2) is 4.68 Å². The molecule has 0 saturated heterocycles. The van der Waals surface area contributed by atoms with Crippen molar-refractivity contribution in [2.75, 3.05) is 0 Å². The third-order valence-corrected chi connectivity index (χ3v) is 2.68. The zero-order chi connectivity index (χ0) is 14.0. The molecule has 2 aromatic rings. The number of nitro benzene ring substituents is 1. The van der Waals surface area contributed by atoms with Crippen molar-refractivity contribution in [2.45, 2.75) is 32.7 Å². The average Bonchev–Trinajstić information content (AvgIpc) is 2.77. The Morgan fingerprint density at radius 3 is 2.42 bits per heavy atom. The van der Waals surface area contributed by atoms with Gasteiger partial charge < -0.3 is 0 Å². The van der Waals surface area contributed by atoms with Crippen molar-refractivity contribution in [3.63, 3.8) is 0 Å². The van der Waals surface area contributed by atoms with Gasteiger partial charge in [0, 0.05) is 17.5 Å². The highest BCUT2D eigenvalue weighted by Gasteiger charge is 2.21. The number of nitro groups is 1. The first-order valence-corrected chi connectivity index (χ1v) is 5.88. The molecule has 0 saturated carbocycles. The SMILES string of the molecule is CC(C)(C)c1nnnn1Cc1ccc([N+](=O)[O-])cc1. The molecule has 100 valence electrons. The smallest absolute Gasteiger partial charge is 0.258 e. The third kappa shape index (κ3) is 2.93. The van der Waals surface area contributed by atoms with Gasteiger partial charge in [0.15, 0.2) is 5.82 Å². The molecule has 0 fully saturated rings. The fourth-order valence-corrected chi connectivity index (χ4v) is 1.74. The van der Waals surface area contributed by atoms with Gasteiger partial charge in [-0.1, -0.05) is 32.9 Å². The molecule has 1 aromatic heterocycles.